The largest absolute Gasteiger partial charge is 0.456 e. The molecule has 0 fully saturated rings. The third-order valence-electron chi connectivity index (χ3n) is 13.7. The van der Waals surface area contributed by atoms with Gasteiger partial charge in [-0.1, -0.05) is 140 Å². The number of fused-ring (bicyclic) bond motifs is 8. The minimum absolute atomic E-state index is 0.830. The lowest BCUT2D eigenvalue weighted by atomic mass is 9.92. The van der Waals surface area contributed by atoms with E-state index in [9.17, 15) is 0 Å². The number of benzene rings is 11. The summed E-state index contributed by atoms with van der Waals surface area (Å²) < 4.78 is 12.2. The second-order valence-corrected chi connectivity index (χ2v) is 19.8. The zero-order valence-corrected chi connectivity index (χ0v) is 38.8. The van der Waals surface area contributed by atoms with Crippen LogP contribution in [0.3, 0.4) is 0 Å². The monoisotopic (exact) mass is 916 g/mol. The lowest BCUT2D eigenvalue weighted by molar-refractivity contribution is 0.487. The molecule has 0 saturated heterocycles. The van der Waals surface area contributed by atoms with Crippen molar-refractivity contribution < 1.29 is 4.74 Å². The summed E-state index contributed by atoms with van der Waals surface area (Å²) in [5, 5.41) is 7.31. The standard InChI is InChI=1S/C64H40N2OS2/c1-3-12-41(13-4-1)43-22-26-45(27-23-43)65(47-31-36-62-55(38-47)51-16-7-9-20-60(51)68-62)49-30-33-50-53-34-35-57(54-18-11-19-58(64(53)54)67-59(50)40-49)66(46-28-24-44(25-29-46)42-14-5-2-6-15-42)48-32-37-63-56(39-48)52-17-8-10-21-61(52)69-63/h1-40H. The van der Waals surface area contributed by atoms with Gasteiger partial charge in [0.15, 0.2) is 0 Å². The maximum absolute atomic E-state index is 7.07. The molecule has 0 atom stereocenters. The normalized spacial score (nSPS) is 11.9. The van der Waals surface area contributed by atoms with Crippen LogP contribution in [0.2, 0.25) is 0 Å². The van der Waals surface area contributed by atoms with Gasteiger partial charge in [0.25, 0.3) is 0 Å². The molecule has 14 rings (SSSR count). The van der Waals surface area contributed by atoms with E-state index in [0.717, 1.165) is 67.5 Å². The molecule has 3 nitrogen and oxygen atoms in total. The number of thiophene rings is 2. The Balaban J connectivity index is 0.903. The highest BCUT2D eigenvalue weighted by Crippen LogP contribution is 2.53. The molecule has 13 aromatic rings. The number of hydrogen-bond donors (Lipinski definition) is 0. The van der Waals surface area contributed by atoms with Gasteiger partial charge < -0.3 is 14.5 Å². The van der Waals surface area contributed by atoms with Gasteiger partial charge in [-0.25, -0.2) is 0 Å². The maximum atomic E-state index is 7.07. The Labute approximate surface area is 407 Å². The van der Waals surface area contributed by atoms with Crippen molar-refractivity contribution in [2.45, 2.75) is 0 Å². The fourth-order valence-electron chi connectivity index (χ4n) is 10.4. The predicted molar refractivity (Wildman–Crippen MR) is 295 cm³/mol. The molecule has 11 aromatic carbocycles. The molecular weight excluding hydrogens is 877 g/mol. The number of anilines is 6. The van der Waals surface area contributed by atoms with E-state index in [0.29, 0.717) is 0 Å². The minimum atomic E-state index is 0.830. The van der Waals surface area contributed by atoms with Gasteiger partial charge in [-0.15, -0.1) is 22.7 Å². The Hall–Kier alpha value is -8.48. The van der Waals surface area contributed by atoms with Crippen molar-refractivity contribution in [1.82, 2.24) is 0 Å². The summed E-state index contributed by atoms with van der Waals surface area (Å²) in [4.78, 5) is 4.77. The van der Waals surface area contributed by atoms with Crippen molar-refractivity contribution in [2.75, 3.05) is 9.80 Å². The van der Waals surface area contributed by atoms with E-state index in [-0.39, 0.29) is 0 Å². The van der Waals surface area contributed by atoms with Crippen LogP contribution in [0.25, 0.3) is 84.5 Å². The SMILES string of the molecule is c1ccc(-c2ccc(N(c3ccc4c(c3)Oc3cccc5c(N(c6ccc(-c7ccccc7)cc6)c6ccc7sc8ccccc8c7c6)ccc-4c35)c3ccc4sc5ccccc5c4c3)cc2)cc1. The third-order valence-corrected chi connectivity index (χ3v) is 16.0. The first-order valence-corrected chi connectivity index (χ1v) is 24.9. The van der Waals surface area contributed by atoms with Crippen LogP contribution in [0, 0.1) is 0 Å². The molecule has 0 unspecified atom stereocenters. The first-order chi connectivity index (χ1) is 34.2. The molecule has 1 aliphatic rings. The molecule has 0 aliphatic carbocycles. The summed E-state index contributed by atoms with van der Waals surface area (Å²) >= 11 is 3.69. The Bertz CT molecular complexity index is 4100. The van der Waals surface area contributed by atoms with E-state index in [1.54, 1.807) is 0 Å². The lowest BCUT2D eigenvalue weighted by Crippen LogP contribution is -2.12. The minimum Gasteiger partial charge on any atom is -0.456 e. The highest BCUT2D eigenvalue weighted by Gasteiger charge is 2.26. The van der Waals surface area contributed by atoms with Crippen LogP contribution in [0.4, 0.5) is 34.1 Å². The predicted octanol–water partition coefficient (Wildman–Crippen LogP) is 19.6. The molecule has 0 saturated carbocycles. The van der Waals surface area contributed by atoms with Gasteiger partial charge in [-0.3, -0.25) is 0 Å². The Morgan fingerprint density at radius 2 is 0.725 bits per heavy atom. The van der Waals surface area contributed by atoms with E-state index in [1.165, 1.54) is 62.6 Å². The highest BCUT2D eigenvalue weighted by molar-refractivity contribution is 7.26. The van der Waals surface area contributed by atoms with E-state index in [2.05, 4.69) is 252 Å². The smallest absolute Gasteiger partial charge is 0.137 e. The van der Waals surface area contributed by atoms with Crippen molar-refractivity contribution in [3.05, 3.63) is 243 Å². The second-order valence-electron chi connectivity index (χ2n) is 17.6. The molecule has 5 heteroatoms. The summed E-state index contributed by atoms with van der Waals surface area (Å²) in [6.07, 6.45) is 0. The van der Waals surface area contributed by atoms with Crippen molar-refractivity contribution >= 4 is 108 Å². The molecule has 0 radical (unpaired) electrons. The summed E-state index contributed by atoms with van der Waals surface area (Å²) in [5.41, 5.74) is 13.4. The van der Waals surface area contributed by atoms with Crippen LogP contribution < -0.4 is 14.5 Å². The molecule has 0 N–H and O–H groups in total. The first kappa shape index (κ1) is 39.7. The molecule has 0 amide bonds. The van der Waals surface area contributed by atoms with E-state index < -0.39 is 0 Å². The zero-order chi connectivity index (χ0) is 45.4. The van der Waals surface area contributed by atoms with Gasteiger partial charge in [-0.05, 0) is 125 Å². The van der Waals surface area contributed by atoms with Gasteiger partial charge in [0.05, 0.1) is 5.69 Å². The number of hydrogen-bond acceptors (Lipinski definition) is 5. The number of rotatable bonds is 8. The quantitative estimate of drug-likeness (QED) is 0.151. The molecule has 0 spiro atoms. The molecular formula is C64H40N2OS2. The van der Waals surface area contributed by atoms with Crippen molar-refractivity contribution in [1.29, 1.82) is 0 Å². The van der Waals surface area contributed by atoms with Crippen molar-refractivity contribution in [3.63, 3.8) is 0 Å². The summed E-state index contributed by atoms with van der Waals surface area (Å²) in [7, 11) is 0. The second kappa shape index (κ2) is 16.1. The van der Waals surface area contributed by atoms with Crippen LogP contribution in [-0.2, 0) is 0 Å². The molecule has 324 valence electrons. The maximum Gasteiger partial charge on any atom is 0.137 e. The van der Waals surface area contributed by atoms with Gasteiger partial charge in [0, 0.05) is 91.2 Å². The lowest BCUT2D eigenvalue weighted by Gasteiger charge is -2.30. The Morgan fingerprint density at radius 1 is 0.275 bits per heavy atom. The fraction of sp³-hybridized carbons (Fsp3) is 0. The number of ether oxygens (including phenoxy) is 1. The Morgan fingerprint density at radius 3 is 1.33 bits per heavy atom. The van der Waals surface area contributed by atoms with Crippen molar-refractivity contribution in [2.24, 2.45) is 0 Å². The Kier molecular flexibility index (Phi) is 9.26. The molecule has 1 aliphatic heterocycles. The average Bonchev–Trinajstić information content (AvgIpc) is 3.98. The molecule has 0 bridgehead atoms. The zero-order valence-electron chi connectivity index (χ0n) is 37.2. The van der Waals surface area contributed by atoms with E-state index >= 15 is 0 Å². The van der Waals surface area contributed by atoms with Gasteiger partial charge in [0.1, 0.15) is 11.5 Å². The molecule has 2 aromatic heterocycles. The molecule has 3 heterocycles. The van der Waals surface area contributed by atoms with Gasteiger partial charge in [0.2, 0.25) is 0 Å². The van der Waals surface area contributed by atoms with Crippen LogP contribution >= 0.6 is 22.7 Å². The highest BCUT2D eigenvalue weighted by atomic mass is 32.1. The van der Waals surface area contributed by atoms with Gasteiger partial charge in [-0.2, -0.15) is 0 Å². The van der Waals surface area contributed by atoms with Crippen LogP contribution in [0.15, 0.2) is 243 Å². The first-order valence-electron chi connectivity index (χ1n) is 23.3. The summed E-state index contributed by atoms with van der Waals surface area (Å²) in [6.45, 7) is 0. The topological polar surface area (TPSA) is 15.7 Å². The average molecular weight is 917 g/mol. The summed E-state index contributed by atoms with van der Waals surface area (Å²) in [6, 6.07) is 88.1. The molecule has 69 heavy (non-hydrogen) atoms. The van der Waals surface area contributed by atoms with Crippen molar-refractivity contribution in [3.8, 4) is 44.9 Å². The van der Waals surface area contributed by atoms with Crippen LogP contribution in [0.1, 0.15) is 0 Å². The van der Waals surface area contributed by atoms with Crippen LogP contribution in [-0.4, -0.2) is 0 Å². The third kappa shape index (κ3) is 6.69. The van der Waals surface area contributed by atoms with E-state index in [4.69, 9.17) is 4.74 Å². The van der Waals surface area contributed by atoms with Gasteiger partial charge >= 0.3 is 0 Å². The van der Waals surface area contributed by atoms with E-state index in [1.807, 2.05) is 22.7 Å². The van der Waals surface area contributed by atoms with Crippen LogP contribution in [0.5, 0.6) is 11.5 Å². The fourth-order valence-corrected chi connectivity index (χ4v) is 12.6. The number of nitrogens with zero attached hydrogens (tertiary/aromatic N) is 2. The summed E-state index contributed by atoms with van der Waals surface area (Å²) in [5.74, 6) is 1.67.